The highest BCUT2D eigenvalue weighted by Crippen LogP contribution is 2.25. The number of hydrogen-bond acceptors (Lipinski definition) is 7. The van der Waals surface area contributed by atoms with Gasteiger partial charge in [0.1, 0.15) is 12.0 Å². The zero-order valence-corrected chi connectivity index (χ0v) is 23.1. The van der Waals surface area contributed by atoms with Crippen molar-refractivity contribution in [3.8, 4) is 22.9 Å². The van der Waals surface area contributed by atoms with Crippen LogP contribution < -0.4 is 20.5 Å². The summed E-state index contributed by atoms with van der Waals surface area (Å²) in [5.41, 5.74) is 3.72. The molecule has 0 amide bonds. The van der Waals surface area contributed by atoms with E-state index in [0.717, 1.165) is 49.7 Å². The lowest BCUT2D eigenvalue weighted by atomic mass is 10.0. The van der Waals surface area contributed by atoms with Crippen molar-refractivity contribution in [2.75, 3.05) is 44.7 Å². The molecule has 0 aliphatic carbocycles. The Morgan fingerprint density at radius 2 is 1.72 bits per heavy atom. The highest BCUT2D eigenvalue weighted by atomic mass is 16.5. The monoisotopic (exact) mass is 529 g/mol. The fourth-order valence-electron chi connectivity index (χ4n) is 5.16. The lowest BCUT2D eigenvalue weighted by Gasteiger charge is -2.36. The minimum atomic E-state index is -0.995. The largest absolute Gasteiger partial charge is 0.497 e. The van der Waals surface area contributed by atoms with Crippen LogP contribution in [0.2, 0.25) is 0 Å². The second kappa shape index (κ2) is 13.4. The van der Waals surface area contributed by atoms with Gasteiger partial charge in [-0.2, -0.15) is 5.26 Å². The number of hydrogen-bond donors (Lipinski definition) is 2. The number of nitrogens with zero attached hydrogens (tertiary/aromatic N) is 4. The first-order valence-corrected chi connectivity index (χ1v) is 13.6. The predicted octanol–water partition coefficient (Wildman–Crippen LogP) is 3.86. The van der Waals surface area contributed by atoms with E-state index in [-0.39, 0.29) is 18.0 Å². The Bertz CT molecular complexity index is 1290. The van der Waals surface area contributed by atoms with Crippen molar-refractivity contribution in [1.82, 2.24) is 14.8 Å². The zero-order chi connectivity index (χ0) is 27.8. The van der Waals surface area contributed by atoms with E-state index in [1.807, 2.05) is 42.5 Å². The van der Waals surface area contributed by atoms with Gasteiger partial charge in [-0.3, -0.25) is 15.0 Å². The number of rotatable bonds is 11. The first kappa shape index (κ1) is 28.4. The van der Waals surface area contributed by atoms with Crippen molar-refractivity contribution in [2.45, 2.75) is 39.1 Å². The van der Waals surface area contributed by atoms with Crippen LogP contribution >= 0.6 is 0 Å². The van der Waals surface area contributed by atoms with Gasteiger partial charge in [-0.05, 0) is 59.9 Å². The van der Waals surface area contributed by atoms with Gasteiger partial charge in [-0.1, -0.05) is 38.1 Å². The highest BCUT2D eigenvalue weighted by molar-refractivity contribution is 5.65. The van der Waals surface area contributed by atoms with E-state index < -0.39 is 12.3 Å². The summed E-state index contributed by atoms with van der Waals surface area (Å²) in [4.78, 5) is 18.4. The molecular weight excluding hydrogens is 490 g/mol. The number of aromatic nitrogens is 1. The first-order chi connectivity index (χ1) is 18.9. The van der Waals surface area contributed by atoms with Gasteiger partial charge in [0.25, 0.3) is 5.56 Å². The van der Waals surface area contributed by atoms with E-state index in [1.54, 1.807) is 17.9 Å². The Balaban J connectivity index is 1.43. The average Bonchev–Trinajstić information content (AvgIpc) is 2.96. The fraction of sp³-hybridized carbons (Fsp3) is 0.419. The summed E-state index contributed by atoms with van der Waals surface area (Å²) in [5.74, 6) is 1.14. The molecule has 4 rings (SSSR count). The summed E-state index contributed by atoms with van der Waals surface area (Å²) < 4.78 is 6.85. The molecule has 0 radical (unpaired) electrons. The molecule has 8 heteroatoms. The normalized spacial score (nSPS) is 15.6. The number of piperazine rings is 1. The number of aliphatic hydroxyl groups excluding tert-OH is 1. The summed E-state index contributed by atoms with van der Waals surface area (Å²) in [5, 5.41) is 22.4. The summed E-state index contributed by atoms with van der Waals surface area (Å²) in [6.45, 7) is 8.90. The number of pyridine rings is 1. The first-order valence-electron chi connectivity index (χ1n) is 13.6. The quantitative estimate of drug-likeness (QED) is 0.288. The molecule has 1 fully saturated rings. The molecular formula is C31H39N5O3. The summed E-state index contributed by atoms with van der Waals surface area (Å²) in [6, 6.07) is 21.6. The van der Waals surface area contributed by atoms with Gasteiger partial charge in [0.2, 0.25) is 0 Å². The van der Waals surface area contributed by atoms with E-state index in [0.29, 0.717) is 12.0 Å². The average molecular weight is 530 g/mol. The van der Waals surface area contributed by atoms with Gasteiger partial charge in [0.05, 0.1) is 25.8 Å². The molecule has 2 N–H and O–H groups in total. The molecule has 0 saturated carbocycles. The fourth-order valence-corrected chi connectivity index (χ4v) is 5.16. The maximum Gasteiger partial charge on any atom is 0.258 e. The smallest absolute Gasteiger partial charge is 0.258 e. The molecule has 2 heterocycles. The van der Waals surface area contributed by atoms with E-state index in [4.69, 9.17) is 10.00 Å². The maximum atomic E-state index is 13.5. The number of nitrogens with one attached hydrogen (secondary N) is 1. The third-order valence-corrected chi connectivity index (χ3v) is 7.28. The molecule has 1 saturated heterocycles. The van der Waals surface area contributed by atoms with Crippen molar-refractivity contribution in [2.24, 2.45) is 5.92 Å². The Morgan fingerprint density at radius 1 is 1.03 bits per heavy atom. The van der Waals surface area contributed by atoms with Crippen molar-refractivity contribution >= 4 is 5.69 Å². The van der Waals surface area contributed by atoms with Crippen LogP contribution in [0, 0.1) is 17.2 Å². The van der Waals surface area contributed by atoms with Crippen LogP contribution in [-0.2, 0) is 6.54 Å². The molecule has 39 heavy (non-hydrogen) atoms. The lowest BCUT2D eigenvalue weighted by Crippen LogP contribution is -2.45. The van der Waals surface area contributed by atoms with Crippen LogP contribution in [0.15, 0.2) is 71.7 Å². The summed E-state index contributed by atoms with van der Waals surface area (Å²) >= 11 is 0. The third-order valence-electron chi connectivity index (χ3n) is 7.28. The van der Waals surface area contributed by atoms with Crippen LogP contribution in [-0.4, -0.2) is 60.6 Å². The topological polar surface area (TPSA) is 93.8 Å². The number of benzene rings is 2. The SMILES string of the molecule is COc1ccc(CN2CCN(c3ccc(-c4cccn(C(CC(C)C)C(O)NCC#N)c4=O)cc3)CC2)cc1. The predicted molar refractivity (Wildman–Crippen MR) is 155 cm³/mol. The van der Waals surface area contributed by atoms with Gasteiger partial charge in [-0.15, -0.1) is 0 Å². The van der Waals surface area contributed by atoms with Gasteiger partial charge in [0, 0.05) is 50.2 Å². The number of ether oxygens (including phenoxy) is 1. The Kier molecular flexibility index (Phi) is 9.77. The van der Waals surface area contributed by atoms with Gasteiger partial charge in [0.15, 0.2) is 0 Å². The highest BCUT2D eigenvalue weighted by Gasteiger charge is 2.24. The van der Waals surface area contributed by atoms with Gasteiger partial charge >= 0.3 is 0 Å². The molecule has 8 nitrogen and oxygen atoms in total. The number of anilines is 1. The molecule has 1 aliphatic rings. The van der Waals surface area contributed by atoms with E-state index in [1.165, 1.54) is 5.56 Å². The second-order valence-corrected chi connectivity index (χ2v) is 10.5. The number of nitriles is 1. The minimum Gasteiger partial charge on any atom is -0.497 e. The van der Waals surface area contributed by atoms with Crippen LogP contribution in [0.3, 0.4) is 0 Å². The Labute approximate surface area is 231 Å². The van der Waals surface area contributed by atoms with E-state index in [2.05, 4.69) is 53.2 Å². The van der Waals surface area contributed by atoms with E-state index >= 15 is 0 Å². The number of aliphatic hydroxyl groups is 1. The van der Waals surface area contributed by atoms with Crippen LogP contribution in [0.5, 0.6) is 5.75 Å². The Morgan fingerprint density at radius 3 is 2.33 bits per heavy atom. The van der Waals surface area contributed by atoms with E-state index in [9.17, 15) is 9.90 Å². The molecule has 0 spiro atoms. The summed E-state index contributed by atoms with van der Waals surface area (Å²) in [7, 11) is 1.68. The van der Waals surface area contributed by atoms with Crippen LogP contribution in [0.4, 0.5) is 5.69 Å². The van der Waals surface area contributed by atoms with Crippen LogP contribution in [0.1, 0.15) is 31.9 Å². The molecule has 3 aromatic rings. The van der Waals surface area contributed by atoms with Crippen molar-refractivity contribution in [3.63, 3.8) is 0 Å². The molecule has 0 bridgehead atoms. The second-order valence-electron chi connectivity index (χ2n) is 10.5. The minimum absolute atomic E-state index is 0.0153. The lowest BCUT2D eigenvalue weighted by molar-refractivity contribution is 0.0713. The standard InChI is InChI=1S/C31H39N5O3/c1-23(2)21-29(30(37)33-15-14-32)36-16-4-5-28(31(36)38)25-8-10-26(11-9-25)35-19-17-34(18-20-35)22-24-6-12-27(39-3)13-7-24/h4-13,16,23,29-30,33,37H,15,17-22H2,1-3H3. The van der Waals surface area contributed by atoms with Crippen molar-refractivity contribution < 1.29 is 9.84 Å². The Hall–Kier alpha value is -3.64. The number of methoxy groups -OCH3 is 1. The molecule has 1 aromatic heterocycles. The molecule has 2 aromatic carbocycles. The maximum absolute atomic E-state index is 13.5. The van der Waals surface area contributed by atoms with Gasteiger partial charge in [-0.25, -0.2) is 0 Å². The van der Waals surface area contributed by atoms with Gasteiger partial charge < -0.3 is 19.3 Å². The van der Waals surface area contributed by atoms with Crippen LogP contribution in [0.25, 0.3) is 11.1 Å². The zero-order valence-electron chi connectivity index (χ0n) is 23.1. The molecule has 2 unspecified atom stereocenters. The van der Waals surface area contributed by atoms with Crippen molar-refractivity contribution in [3.05, 3.63) is 82.8 Å². The van der Waals surface area contributed by atoms with Crippen molar-refractivity contribution in [1.29, 1.82) is 5.26 Å². The molecule has 206 valence electrons. The summed E-state index contributed by atoms with van der Waals surface area (Å²) in [6.07, 6.45) is 1.33. The molecule has 2 atom stereocenters. The third kappa shape index (κ3) is 7.27. The molecule has 1 aliphatic heterocycles.